The lowest BCUT2D eigenvalue weighted by atomic mass is 10.0. The van der Waals surface area contributed by atoms with Crippen LogP contribution < -0.4 is 0 Å². The van der Waals surface area contributed by atoms with Crippen molar-refractivity contribution in [1.82, 2.24) is 14.8 Å². The summed E-state index contributed by atoms with van der Waals surface area (Å²) in [5.74, 6) is -0.778. The first-order chi connectivity index (χ1) is 13.0. The summed E-state index contributed by atoms with van der Waals surface area (Å²) in [5, 5.41) is 10.9. The smallest absolute Gasteiger partial charge is 0.270 e. The number of carbonyl (C=O) groups excluding carboxylic acids is 2. The number of fused-ring (bicyclic) bond motifs is 1. The predicted molar refractivity (Wildman–Crippen MR) is 96.1 cm³/mol. The largest absolute Gasteiger partial charge is 0.299 e. The molecule has 8 nitrogen and oxygen atoms in total. The van der Waals surface area contributed by atoms with E-state index in [9.17, 15) is 19.7 Å². The lowest BCUT2D eigenvalue weighted by Crippen LogP contribution is -2.47. The summed E-state index contributed by atoms with van der Waals surface area (Å²) in [5.41, 5.74) is 1.34. The molecule has 27 heavy (non-hydrogen) atoms. The Hall–Kier alpha value is -3.13. The third-order valence-corrected chi connectivity index (χ3v) is 5.16. The molecule has 2 aliphatic rings. The average molecular weight is 366 g/mol. The SMILES string of the molecule is O=C1c2ccc([N+](=O)[O-])cc2C(=O)N1C1CCN(Cc2cccnc2)CC1. The highest BCUT2D eigenvalue weighted by Crippen LogP contribution is 2.31. The van der Waals surface area contributed by atoms with Gasteiger partial charge in [0.15, 0.2) is 0 Å². The number of nitro groups is 1. The number of aromatic nitrogens is 1. The maximum atomic E-state index is 12.7. The fraction of sp³-hybridized carbons (Fsp3) is 0.316. The van der Waals surface area contributed by atoms with Crippen LogP contribution in [0.2, 0.25) is 0 Å². The molecule has 0 spiro atoms. The number of carbonyl (C=O) groups is 2. The van der Waals surface area contributed by atoms with Gasteiger partial charge in [0.05, 0.1) is 16.1 Å². The normalized spacial score (nSPS) is 18.0. The van der Waals surface area contributed by atoms with E-state index < -0.39 is 10.8 Å². The number of likely N-dealkylation sites (tertiary alicyclic amines) is 1. The van der Waals surface area contributed by atoms with Gasteiger partial charge in [-0.3, -0.25) is 34.5 Å². The summed E-state index contributed by atoms with van der Waals surface area (Å²) in [6, 6.07) is 7.60. The first-order valence-corrected chi connectivity index (χ1v) is 8.82. The number of pyridine rings is 1. The van der Waals surface area contributed by atoms with Crippen molar-refractivity contribution < 1.29 is 14.5 Å². The molecule has 1 fully saturated rings. The van der Waals surface area contributed by atoms with E-state index in [1.54, 1.807) is 6.20 Å². The Balaban J connectivity index is 1.45. The number of hydrogen-bond donors (Lipinski definition) is 0. The van der Waals surface area contributed by atoms with Crippen molar-refractivity contribution >= 4 is 17.5 Å². The number of benzene rings is 1. The second kappa shape index (κ2) is 6.88. The summed E-state index contributed by atoms with van der Waals surface area (Å²) < 4.78 is 0. The Morgan fingerprint density at radius 3 is 2.52 bits per heavy atom. The van der Waals surface area contributed by atoms with Crippen LogP contribution in [0.1, 0.15) is 39.1 Å². The van der Waals surface area contributed by atoms with Crippen molar-refractivity contribution in [1.29, 1.82) is 0 Å². The van der Waals surface area contributed by atoms with E-state index in [0.29, 0.717) is 12.8 Å². The van der Waals surface area contributed by atoms with Crippen LogP contribution in [0.5, 0.6) is 0 Å². The Kier molecular flexibility index (Phi) is 4.41. The lowest BCUT2D eigenvalue weighted by Gasteiger charge is -2.35. The number of hydrogen-bond acceptors (Lipinski definition) is 6. The fourth-order valence-electron chi connectivity index (χ4n) is 3.78. The van der Waals surface area contributed by atoms with Gasteiger partial charge in [-0.1, -0.05) is 6.07 Å². The molecule has 0 unspecified atom stereocenters. The van der Waals surface area contributed by atoms with E-state index in [2.05, 4.69) is 9.88 Å². The topological polar surface area (TPSA) is 96.6 Å². The van der Waals surface area contributed by atoms with Gasteiger partial charge < -0.3 is 0 Å². The van der Waals surface area contributed by atoms with Crippen LogP contribution in [0.15, 0.2) is 42.7 Å². The third-order valence-electron chi connectivity index (χ3n) is 5.16. The summed E-state index contributed by atoms with van der Waals surface area (Å²) in [7, 11) is 0. The van der Waals surface area contributed by atoms with Gasteiger partial charge in [-0.2, -0.15) is 0 Å². The molecule has 1 aromatic heterocycles. The summed E-state index contributed by atoms with van der Waals surface area (Å²) in [4.78, 5) is 43.5. The molecule has 0 aliphatic carbocycles. The summed E-state index contributed by atoms with van der Waals surface area (Å²) in [6.07, 6.45) is 4.95. The van der Waals surface area contributed by atoms with Crippen molar-refractivity contribution in [3.8, 4) is 0 Å². The zero-order valence-corrected chi connectivity index (χ0v) is 14.6. The number of piperidine rings is 1. The number of non-ortho nitro benzene ring substituents is 1. The zero-order valence-electron chi connectivity index (χ0n) is 14.6. The molecule has 2 aromatic rings. The second-order valence-corrected chi connectivity index (χ2v) is 6.84. The van der Waals surface area contributed by atoms with E-state index in [0.717, 1.165) is 25.2 Å². The van der Waals surface area contributed by atoms with Gasteiger partial charge >= 0.3 is 0 Å². The van der Waals surface area contributed by atoms with Crippen molar-refractivity contribution in [3.63, 3.8) is 0 Å². The van der Waals surface area contributed by atoms with Crippen LogP contribution in [0.25, 0.3) is 0 Å². The number of imide groups is 1. The van der Waals surface area contributed by atoms with Crippen LogP contribution in [-0.4, -0.2) is 50.7 Å². The van der Waals surface area contributed by atoms with Crippen molar-refractivity contribution in [3.05, 3.63) is 69.5 Å². The van der Waals surface area contributed by atoms with E-state index in [1.807, 2.05) is 18.3 Å². The second-order valence-electron chi connectivity index (χ2n) is 6.84. The number of nitrogens with zero attached hydrogens (tertiary/aromatic N) is 4. The molecule has 1 aromatic carbocycles. The lowest BCUT2D eigenvalue weighted by molar-refractivity contribution is -0.384. The maximum absolute atomic E-state index is 12.7. The van der Waals surface area contributed by atoms with E-state index in [4.69, 9.17) is 0 Å². The molecular formula is C19H18N4O4. The van der Waals surface area contributed by atoms with Crippen LogP contribution in [-0.2, 0) is 6.54 Å². The third kappa shape index (κ3) is 3.19. The minimum atomic E-state index is -0.558. The molecule has 0 bridgehead atoms. The molecular weight excluding hydrogens is 348 g/mol. The monoisotopic (exact) mass is 366 g/mol. The Morgan fingerprint density at radius 2 is 1.85 bits per heavy atom. The van der Waals surface area contributed by atoms with Gasteiger partial charge in [-0.05, 0) is 30.5 Å². The first kappa shape index (κ1) is 17.3. The number of nitro benzene ring substituents is 1. The average Bonchev–Trinajstić information content (AvgIpc) is 2.93. The molecule has 0 N–H and O–H groups in total. The van der Waals surface area contributed by atoms with E-state index >= 15 is 0 Å². The van der Waals surface area contributed by atoms with Crippen LogP contribution in [0.3, 0.4) is 0 Å². The van der Waals surface area contributed by atoms with Crippen LogP contribution >= 0.6 is 0 Å². The molecule has 2 aliphatic heterocycles. The molecule has 3 heterocycles. The highest BCUT2D eigenvalue weighted by Gasteiger charge is 2.41. The molecule has 4 rings (SSSR count). The fourth-order valence-corrected chi connectivity index (χ4v) is 3.78. The van der Waals surface area contributed by atoms with Crippen molar-refractivity contribution in [2.45, 2.75) is 25.4 Å². The molecule has 1 saturated heterocycles. The predicted octanol–water partition coefficient (Wildman–Crippen LogP) is 2.25. The van der Waals surface area contributed by atoms with Gasteiger partial charge in [0.25, 0.3) is 17.5 Å². The van der Waals surface area contributed by atoms with Gasteiger partial charge in [0.1, 0.15) is 0 Å². The van der Waals surface area contributed by atoms with Crippen molar-refractivity contribution in [2.75, 3.05) is 13.1 Å². The zero-order chi connectivity index (χ0) is 19.0. The molecule has 138 valence electrons. The van der Waals surface area contributed by atoms with Crippen LogP contribution in [0, 0.1) is 10.1 Å². The maximum Gasteiger partial charge on any atom is 0.270 e. The van der Waals surface area contributed by atoms with Crippen LogP contribution in [0.4, 0.5) is 5.69 Å². The van der Waals surface area contributed by atoms with E-state index in [1.165, 1.54) is 23.1 Å². The molecule has 0 saturated carbocycles. The molecule has 8 heteroatoms. The summed E-state index contributed by atoms with van der Waals surface area (Å²) in [6.45, 7) is 2.33. The van der Waals surface area contributed by atoms with Gasteiger partial charge in [-0.25, -0.2) is 0 Å². The first-order valence-electron chi connectivity index (χ1n) is 8.82. The summed E-state index contributed by atoms with van der Waals surface area (Å²) >= 11 is 0. The minimum absolute atomic E-state index is 0.131. The number of amides is 2. The quantitative estimate of drug-likeness (QED) is 0.468. The van der Waals surface area contributed by atoms with Crippen molar-refractivity contribution in [2.24, 2.45) is 0 Å². The molecule has 0 atom stereocenters. The van der Waals surface area contributed by atoms with Gasteiger partial charge in [0.2, 0.25) is 0 Å². The molecule has 0 radical (unpaired) electrons. The Bertz CT molecular complexity index is 907. The highest BCUT2D eigenvalue weighted by atomic mass is 16.6. The van der Waals surface area contributed by atoms with Gasteiger partial charge in [0, 0.05) is 50.2 Å². The minimum Gasteiger partial charge on any atom is -0.299 e. The standard InChI is InChI=1S/C19H18N4O4/c24-18-16-4-3-15(23(26)27)10-17(16)19(25)22(18)14-5-8-21(9-6-14)12-13-2-1-7-20-11-13/h1-4,7,10-11,14H,5-6,8-9,12H2. The Morgan fingerprint density at radius 1 is 1.11 bits per heavy atom. The highest BCUT2D eigenvalue weighted by molar-refractivity contribution is 6.21. The van der Waals surface area contributed by atoms with Gasteiger partial charge in [-0.15, -0.1) is 0 Å². The van der Waals surface area contributed by atoms with E-state index in [-0.39, 0.29) is 28.8 Å². The number of rotatable bonds is 4. The molecule has 2 amide bonds. The Labute approximate surface area is 155 Å².